The number of ether oxygens (including phenoxy) is 2. The van der Waals surface area contributed by atoms with E-state index >= 15 is 0 Å². The molecule has 3 rings (SSSR count). The van der Waals surface area contributed by atoms with Crippen LogP contribution in [0.4, 0.5) is 18.0 Å². The molecule has 1 N–H and O–H groups in total. The first-order valence-electron chi connectivity index (χ1n) is 11.3. The number of hydrogen-bond acceptors (Lipinski definition) is 6. The second-order valence-electron chi connectivity index (χ2n) is 9.30. The average Bonchev–Trinajstić information content (AvgIpc) is 3.04. The summed E-state index contributed by atoms with van der Waals surface area (Å²) in [7, 11) is 0. The number of alkyl halides is 3. The molecule has 0 bridgehead atoms. The van der Waals surface area contributed by atoms with Crippen LogP contribution in [0.15, 0.2) is 47.5 Å². The molecule has 0 aromatic heterocycles. The van der Waals surface area contributed by atoms with Crippen LogP contribution in [0.3, 0.4) is 0 Å². The van der Waals surface area contributed by atoms with Gasteiger partial charge >= 0.3 is 12.3 Å². The lowest BCUT2D eigenvalue weighted by molar-refractivity contribution is -0.0885. The van der Waals surface area contributed by atoms with E-state index in [-0.39, 0.29) is 25.3 Å². The third kappa shape index (κ3) is 7.25. The van der Waals surface area contributed by atoms with Crippen LogP contribution in [0.1, 0.15) is 58.5 Å². The summed E-state index contributed by atoms with van der Waals surface area (Å²) in [4.78, 5) is 41.6. The molecule has 2 aromatic carbocycles. The Morgan fingerprint density at radius 2 is 1.73 bits per heavy atom. The van der Waals surface area contributed by atoms with Gasteiger partial charge in [-0.15, -0.1) is 0 Å². The van der Waals surface area contributed by atoms with E-state index in [4.69, 9.17) is 14.9 Å². The molecule has 0 fully saturated rings. The second kappa shape index (κ2) is 10.9. The van der Waals surface area contributed by atoms with Crippen LogP contribution in [0.25, 0.3) is 0 Å². The Morgan fingerprint density at radius 3 is 2.32 bits per heavy atom. The largest absolute Gasteiger partial charge is 0.491 e. The normalized spacial score (nSPS) is 14.8. The highest BCUT2D eigenvalue weighted by Crippen LogP contribution is 2.28. The summed E-state index contributed by atoms with van der Waals surface area (Å²) in [6.45, 7) is 5.69. The third-order valence-corrected chi connectivity index (χ3v) is 5.30. The molecule has 37 heavy (non-hydrogen) atoms. The maximum Gasteiger partial charge on any atom is 0.454 e. The number of benzene rings is 2. The van der Waals surface area contributed by atoms with Crippen molar-refractivity contribution >= 4 is 30.2 Å². The number of rotatable bonds is 5. The average molecular weight is 518 g/mol. The number of amides is 2. The quantitative estimate of drug-likeness (QED) is 0.433. The molecule has 0 aliphatic carbocycles. The number of carbonyl (C=O) groups is 3. The van der Waals surface area contributed by atoms with Gasteiger partial charge in [-0.1, -0.05) is 18.2 Å². The van der Waals surface area contributed by atoms with Gasteiger partial charge in [0.25, 0.3) is 11.7 Å². The van der Waals surface area contributed by atoms with Crippen LogP contribution >= 0.6 is 0 Å². The highest BCUT2D eigenvalue weighted by molar-refractivity contribution is 6.01. The fourth-order valence-corrected chi connectivity index (χ4v) is 3.56. The molecule has 1 aliphatic rings. The summed E-state index contributed by atoms with van der Waals surface area (Å²) in [5.41, 5.74) is 0.142. The number of halogens is 3. The van der Waals surface area contributed by atoms with E-state index in [0.29, 0.717) is 16.9 Å². The zero-order chi connectivity index (χ0) is 27.4. The molecule has 0 radical (unpaired) electrons. The fourth-order valence-electron chi connectivity index (χ4n) is 3.56. The predicted octanol–water partition coefficient (Wildman–Crippen LogP) is 5.21. The van der Waals surface area contributed by atoms with E-state index in [2.05, 4.69) is 4.99 Å². The first-order valence-corrected chi connectivity index (χ1v) is 11.3. The van der Waals surface area contributed by atoms with Crippen molar-refractivity contribution in [1.82, 2.24) is 4.90 Å². The minimum atomic E-state index is -5.00. The molecule has 8 nitrogen and oxygen atoms in total. The zero-order valence-corrected chi connectivity index (χ0v) is 20.5. The molecule has 2 aromatic rings. The van der Waals surface area contributed by atoms with Crippen molar-refractivity contribution in [2.24, 2.45) is 4.99 Å². The Kier molecular flexibility index (Phi) is 8.15. The van der Waals surface area contributed by atoms with Crippen molar-refractivity contribution < 1.29 is 37.0 Å². The van der Waals surface area contributed by atoms with Gasteiger partial charge in [0.1, 0.15) is 18.0 Å². The van der Waals surface area contributed by atoms with Crippen molar-refractivity contribution in [2.45, 2.75) is 45.0 Å². The van der Waals surface area contributed by atoms with Crippen LogP contribution in [-0.2, 0) is 11.3 Å². The summed E-state index contributed by atoms with van der Waals surface area (Å²) in [6.07, 6.45) is -3.37. The summed E-state index contributed by atoms with van der Waals surface area (Å²) >= 11 is 0. The predicted molar refractivity (Wildman–Crippen MR) is 130 cm³/mol. The molecule has 1 atom stereocenters. The lowest BCUT2D eigenvalue weighted by atomic mass is 9.98. The summed E-state index contributed by atoms with van der Waals surface area (Å²) in [5.74, 6) is -2.52. The highest BCUT2D eigenvalue weighted by atomic mass is 19.4. The van der Waals surface area contributed by atoms with Gasteiger partial charge in [-0.25, -0.2) is 4.79 Å². The van der Waals surface area contributed by atoms with Crippen molar-refractivity contribution in [3.05, 3.63) is 64.7 Å². The van der Waals surface area contributed by atoms with Crippen LogP contribution < -0.4 is 4.74 Å². The molecule has 196 valence electrons. The Hall–Kier alpha value is -4.02. The Balaban J connectivity index is 1.78. The first kappa shape index (κ1) is 27.6. The van der Waals surface area contributed by atoms with Gasteiger partial charge in [-0.2, -0.15) is 18.2 Å². The molecule has 1 aliphatic heterocycles. The summed E-state index contributed by atoms with van der Waals surface area (Å²) in [6, 6.07) is 9.48. The van der Waals surface area contributed by atoms with Gasteiger partial charge < -0.3 is 19.8 Å². The maximum atomic E-state index is 13.1. The lowest BCUT2D eigenvalue weighted by Gasteiger charge is -2.20. The number of hydrogen-bond donors (Lipinski definition) is 1. The molecule has 0 saturated carbocycles. The Labute approximate surface area is 211 Å². The number of Topliss-reactive ketones (excluding diaryl/α,β-unsaturated/α-hetero) is 1. The standard InChI is InChI=1S/C26H26F3N3O5/c1-25(2,3)37-24(35)31-14-20(13-30)18-8-9-21-19(12-18)15-32(10-11-36-21)23(34)17-6-4-16(5-7-17)22(33)26(27,28)29/h4-9,12-14,20,30H,10-11,15H2,1-3H3. The Bertz CT molecular complexity index is 1220. The van der Waals surface area contributed by atoms with E-state index in [0.717, 1.165) is 18.3 Å². The van der Waals surface area contributed by atoms with Crippen molar-refractivity contribution in [3.8, 4) is 5.75 Å². The van der Waals surface area contributed by atoms with Crippen molar-refractivity contribution in [1.29, 1.82) is 5.41 Å². The Morgan fingerprint density at radius 1 is 1.08 bits per heavy atom. The maximum absolute atomic E-state index is 13.1. The number of fused-ring (bicyclic) bond motifs is 1. The zero-order valence-electron chi connectivity index (χ0n) is 20.5. The third-order valence-electron chi connectivity index (χ3n) is 5.30. The second-order valence-corrected chi connectivity index (χ2v) is 9.30. The number of carbonyl (C=O) groups excluding carboxylic acids is 3. The molecule has 0 spiro atoms. The summed E-state index contributed by atoms with van der Waals surface area (Å²) < 4.78 is 48.9. The molecule has 1 unspecified atom stereocenters. The van der Waals surface area contributed by atoms with Crippen LogP contribution in [-0.4, -0.2) is 60.0 Å². The smallest absolute Gasteiger partial charge is 0.454 e. The van der Waals surface area contributed by atoms with Gasteiger partial charge in [0.2, 0.25) is 0 Å². The number of ketones is 1. The first-order chi connectivity index (χ1) is 17.3. The fraction of sp³-hybridized carbons (Fsp3) is 0.346. The van der Waals surface area contributed by atoms with Crippen LogP contribution in [0.2, 0.25) is 0 Å². The van der Waals surface area contributed by atoms with Gasteiger partial charge in [0.05, 0.1) is 12.5 Å². The monoisotopic (exact) mass is 517 g/mol. The van der Waals surface area contributed by atoms with E-state index in [1.54, 1.807) is 39.0 Å². The lowest BCUT2D eigenvalue weighted by Crippen LogP contribution is -2.32. The number of aliphatic imine (C=N–C) groups is 1. The van der Waals surface area contributed by atoms with Gasteiger partial charge in [0, 0.05) is 35.7 Å². The SMILES string of the molecule is CC(C)(C)OC(=O)N=CC(C=N)c1ccc2c(c1)CN(C(=O)c1ccc(C(=O)C(F)(F)F)cc1)CCO2. The van der Waals surface area contributed by atoms with E-state index in [1.165, 1.54) is 23.2 Å². The molecule has 2 amide bonds. The van der Waals surface area contributed by atoms with E-state index in [9.17, 15) is 27.6 Å². The molecule has 11 heteroatoms. The van der Waals surface area contributed by atoms with Crippen molar-refractivity contribution in [3.63, 3.8) is 0 Å². The van der Waals surface area contributed by atoms with Crippen LogP contribution in [0, 0.1) is 5.41 Å². The minimum absolute atomic E-state index is 0.125. The molecular formula is C26H26F3N3O5. The van der Waals surface area contributed by atoms with Gasteiger partial charge in [0.15, 0.2) is 0 Å². The topological polar surface area (TPSA) is 109 Å². The molecule has 0 saturated heterocycles. The number of nitrogens with one attached hydrogen (secondary N) is 1. The molecule has 1 heterocycles. The van der Waals surface area contributed by atoms with Crippen LogP contribution in [0.5, 0.6) is 5.75 Å². The van der Waals surface area contributed by atoms with E-state index < -0.39 is 41.0 Å². The van der Waals surface area contributed by atoms with Crippen molar-refractivity contribution in [2.75, 3.05) is 13.2 Å². The van der Waals surface area contributed by atoms with Gasteiger partial charge in [-0.3, -0.25) is 9.59 Å². The van der Waals surface area contributed by atoms with E-state index in [1.807, 2.05) is 0 Å². The van der Waals surface area contributed by atoms with Gasteiger partial charge in [-0.05, 0) is 50.6 Å². The minimum Gasteiger partial charge on any atom is -0.491 e. The number of nitrogens with zero attached hydrogens (tertiary/aromatic N) is 2. The highest BCUT2D eigenvalue weighted by Gasteiger charge is 2.39. The summed E-state index contributed by atoms with van der Waals surface area (Å²) in [5, 5.41) is 7.75. The molecular weight excluding hydrogens is 491 g/mol.